The van der Waals surface area contributed by atoms with Gasteiger partial charge < -0.3 is 15.0 Å². The second kappa shape index (κ2) is 7.04. The second-order valence-corrected chi connectivity index (χ2v) is 4.69. The van der Waals surface area contributed by atoms with Gasteiger partial charge in [-0.3, -0.25) is 9.97 Å². The van der Waals surface area contributed by atoms with E-state index >= 15 is 0 Å². The first-order chi connectivity index (χ1) is 9.25. The third-order valence-corrected chi connectivity index (χ3v) is 3.17. The Bertz CT molecular complexity index is 393. The number of nitrogens with zero attached hydrogens (tertiary/aromatic N) is 3. The molecule has 1 fully saturated rings. The molecular weight excluding hydrogens is 244 g/mol. The Labute approximate surface area is 113 Å². The molecule has 1 aromatic rings. The average molecular weight is 264 g/mol. The van der Waals surface area contributed by atoms with E-state index in [1.54, 1.807) is 30.5 Å². The van der Waals surface area contributed by atoms with Gasteiger partial charge >= 0.3 is 6.03 Å². The Balaban J connectivity index is 1.67. The van der Waals surface area contributed by atoms with Gasteiger partial charge in [0.2, 0.25) is 0 Å². The molecule has 0 bridgehead atoms. The minimum atomic E-state index is -0.0700. The van der Waals surface area contributed by atoms with E-state index < -0.39 is 0 Å². The number of hydrogen-bond acceptors (Lipinski definition) is 4. The molecule has 0 spiro atoms. The Kier molecular flexibility index (Phi) is 5.09. The highest BCUT2D eigenvalue weighted by molar-refractivity contribution is 5.73. The summed E-state index contributed by atoms with van der Waals surface area (Å²) >= 11 is 0. The zero-order valence-electron chi connectivity index (χ0n) is 11.2. The maximum atomic E-state index is 11.8. The Morgan fingerprint density at radius 1 is 1.58 bits per heavy atom. The highest BCUT2D eigenvalue weighted by atomic mass is 16.5. The Hall–Kier alpha value is -1.69. The van der Waals surface area contributed by atoms with Crippen molar-refractivity contribution in [3.8, 4) is 0 Å². The molecule has 1 atom stereocenters. The fourth-order valence-electron chi connectivity index (χ4n) is 1.98. The smallest absolute Gasteiger partial charge is 0.317 e. The van der Waals surface area contributed by atoms with Crippen LogP contribution in [0.3, 0.4) is 0 Å². The highest BCUT2D eigenvalue weighted by Crippen LogP contribution is 2.10. The van der Waals surface area contributed by atoms with Gasteiger partial charge in [-0.2, -0.15) is 0 Å². The lowest BCUT2D eigenvalue weighted by molar-refractivity contribution is 0.109. The van der Waals surface area contributed by atoms with Crippen LogP contribution in [0.5, 0.6) is 0 Å². The van der Waals surface area contributed by atoms with E-state index in [-0.39, 0.29) is 12.1 Å². The molecule has 2 amide bonds. The van der Waals surface area contributed by atoms with Crippen LogP contribution in [0.4, 0.5) is 4.79 Å². The van der Waals surface area contributed by atoms with Crippen molar-refractivity contribution in [2.75, 3.05) is 26.7 Å². The summed E-state index contributed by atoms with van der Waals surface area (Å²) in [6, 6.07) is -0.0700. The molecule has 6 nitrogen and oxygen atoms in total. The minimum absolute atomic E-state index is 0.0700. The molecule has 0 aromatic carbocycles. The van der Waals surface area contributed by atoms with E-state index in [9.17, 15) is 4.79 Å². The Morgan fingerprint density at radius 2 is 2.47 bits per heavy atom. The average Bonchev–Trinajstić information content (AvgIpc) is 2.96. The van der Waals surface area contributed by atoms with Gasteiger partial charge in [0.25, 0.3) is 0 Å². The van der Waals surface area contributed by atoms with Crippen LogP contribution < -0.4 is 5.32 Å². The number of amides is 2. The molecule has 6 heteroatoms. The summed E-state index contributed by atoms with van der Waals surface area (Å²) in [6.07, 6.45) is 8.02. The lowest BCUT2D eigenvalue weighted by atomic mass is 10.2. The van der Waals surface area contributed by atoms with Crippen LogP contribution in [0.15, 0.2) is 18.6 Å². The molecule has 2 heterocycles. The highest BCUT2D eigenvalue weighted by Gasteiger charge is 2.17. The van der Waals surface area contributed by atoms with Crippen LogP contribution in [-0.4, -0.2) is 53.7 Å². The van der Waals surface area contributed by atoms with Gasteiger partial charge in [-0.15, -0.1) is 0 Å². The quantitative estimate of drug-likeness (QED) is 0.855. The third kappa shape index (κ3) is 4.48. The molecule has 1 aliphatic rings. The number of urea groups is 1. The minimum Gasteiger partial charge on any atom is -0.376 e. The van der Waals surface area contributed by atoms with Crippen LogP contribution in [0, 0.1) is 0 Å². The molecular formula is C13H20N4O2. The van der Waals surface area contributed by atoms with E-state index in [1.165, 1.54) is 0 Å². The topological polar surface area (TPSA) is 67.4 Å². The number of ether oxygens (including phenoxy) is 1. The third-order valence-electron chi connectivity index (χ3n) is 3.17. The predicted molar refractivity (Wildman–Crippen MR) is 70.7 cm³/mol. The zero-order valence-corrected chi connectivity index (χ0v) is 11.2. The monoisotopic (exact) mass is 264 g/mol. The fourth-order valence-corrected chi connectivity index (χ4v) is 1.98. The van der Waals surface area contributed by atoms with E-state index in [1.807, 2.05) is 0 Å². The molecule has 2 rings (SSSR count). The van der Waals surface area contributed by atoms with Crippen LogP contribution in [0.25, 0.3) is 0 Å². The van der Waals surface area contributed by atoms with Gasteiger partial charge in [-0.25, -0.2) is 4.79 Å². The maximum absolute atomic E-state index is 11.8. The van der Waals surface area contributed by atoms with Gasteiger partial charge in [0.1, 0.15) is 0 Å². The SMILES string of the molecule is CN(CCc1cnccn1)C(=O)NCC1CCCO1. The number of carbonyl (C=O) groups excluding carboxylic acids is 1. The van der Waals surface area contributed by atoms with Crippen molar-refractivity contribution in [2.24, 2.45) is 0 Å². The van der Waals surface area contributed by atoms with Gasteiger partial charge in [0.05, 0.1) is 11.8 Å². The van der Waals surface area contributed by atoms with Crippen LogP contribution >= 0.6 is 0 Å². The van der Waals surface area contributed by atoms with E-state index in [4.69, 9.17) is 4.74 Å². The molecule has 19 heavy (non-hydrogen) atoms. The number of rotatable bonds is 5. The summed E-state index contributed by atoms with van der Waals surface area (Å²) in [5, 5.41) is 2.89. The molecule has 1 saturated heterocycles. The summed E-state index contributed by atoms with van der Waals surface area (Å²) in [5.74, 6) is 0. The first-order valence-electron chi connectivity index (χ1n) is 6.61. The van der Waals surface area contributed by atoms with E-state index in [0.29, 0.717) is 19.5 Å². The van der Waals surface area contributed by atoms with Gasteiger partial charge in [-0.1, -0.05) is 0 Å². The van der Waals surface area contributed by atoms with Crippen LogP contribution in [-0.2, 0) is 11.2 Å². The summed E-state index contributed by atoms with van der Waals surface area (Å²) in [6.45, 7) is 2.02. The molecule has 1 aromatic heterocycles. The standard InChI is InChI=1S/C13H20N4O2/c1-17(7-4-11-9-14-5-6-15-11)13(18)16-10-12-3-2-8-19-12/h5-6,9,12H,2-4,7-8,10H2,1H3,(H,16,18). The van der Waals surface area contributed by atoms with Crippen molar-refractivity contribution >= 4 is 6.03 Å². The van der Waals surface area contributed by atoms with Gasteiger partial charge in [-0.05, 0) is 12.8 Å². The van der Waals surface area contributed by atoms with E-state index in [2.05, 4.69) is 15.3 Å². The van der Waals surface area contributed by atoms with E-state index in [0.717, 1.165) is 25.1 Å². The lowest BCUT2D eigenvalue weighted by Gasteiger charge is -2.19. The second-order valence-electron chi connectivity index (χ2n) is 4.69. The maximum Gasteiger partial charge on any atom is 0.317 e. The molecule has 0 saturated carbocycles. The van der Waals surface area contributed by atoms with Crippen molar-refractivity contribution in [3.63, 3.8) is 0 Å². The lowest BCUT2D eigenvalue weighted by Crippen LogP contribution is -2.41. The van der Waals surface area contributed by atoms with Crippen molar-refractivity contribution < 1.29 is 9.53 Å². The van der Waals surface area contributed by atoms with Crippen molar-refractivity contribution in [1.82, 2.24) is 20.2 Å². The number of aromatic nitrogens is 2. The summed E-state index contributed by atoms with van der Waals surface area (Å²) in [4.78, 5) is 21.7. The number of hydrogen-bond donors (Lipinski definition) is 1. The molecule has 1 unspecified atom stereocenters. The Morgan fingerprint density at radius 3 is 3.16 bits per heavy atom. The first-order valence-corrected chi connectivity index (χ1v) is 6.61. The molecule has 0 aliphatic carbocycles. The van der Waals surface area contributed by atoms with Crippen molar-refractivity contribution in [2.45, 2.75) is 25.4 Å². The molecule has 104 valence electrons. The van der Waals surface area contributed by atoms with Crippen LogP contribution in [0.2, 0.25) is 0 Å². The number of carbonyl (C=O) groups is 1. The predicted octanol–water partition coefficient (Wildman–Crippen LogP) is 0.839. The van der Waals surface area contributed by atoms with Crippen molar-refractivity contribution in [1.29, 1.82) is 0 Å². The summed E-state index contributed by atoms with van der Waals surface area (Å²) in [5.41, 5.74) is 0.890. The van der Waals surface area contributed by atoms with Gasteiger partial charge in [0, 0.05) is 51.8 Å². The fraction of sp³-hybridized carbons (Fsp3) is 0.615. The molecule has 1 N–H and O–H groups in total. The normalized spacial score (nSPS) is 18.3. The zero-order chi connectivity index (χ0) is 13.5. The number of likely N-dealkylation sites (N-methyl/N-ethyl adjacent to an activating group) is 1. The first kappa shape index (κ1) is 13.7. The summed E-state index contributed by atoms with van der Waals surface area (Å²) in [7, 11) is 1.78. The van der Waals surface area contributed by atoms with Crippen LogP contribution in [0.1, 0.15) is 18.5 Å². The molecule has 0 radical (unpaired) electrons. The largest absolute Gasteiger partial charge is 0.376 e. The van der Waals surface area contributed by atoms with Gasteiger partial charge in [0.15, 0.2) is 0 Å². The summed E-state index contributed by atoms with van der Waals surface area (Å²) < 4.78 is 5.46. The molecule has 1 aliphatic heterocycles. The number of nitrogens with one attached hydrogen (secondary N) is 1. The van der Waals surface area contributed by atoms with Crippen molar-refractivity contribution in [3.05, 3.63) is 24.3 Å².